The van der Waals surface area contributed by atoms with E-state index in [1.165, 1.54) is 12.1 Å². The second-order valence-corrected chi connectivity index (χ2v) is 7.86. The Labute approximate surface area is 172 Å². The van der Waals surface area contributed by atoms with Gasteiger partial charge in [0, 0.05) is 34.7 Å². The van der Waals surface area contributed by atoms with E-state index in [9.17, 15) is 14.9 Å². The normalized spacial score (nSPS) is 15.5. The number of furan rings is 1. The SMILES string of the molecule is O=C(Nc1ccc2c(c1)oc1ccccc12)C1(c2ccc([N+](=O)[O-])cc2)CCCC1. The number of nitro benzene ring substituents is 1. The third kappa shape index (κ3) is 2.92. The quantitative estimate of drug-likeness (QED) is 0.339. The molecule has 5 rings (SSSR count). The Kier molecular flexibility index (Phi) is 4.28. The van der Waals surface area contributed by atoms with Gasteiger partial charge >= 0.3 is 0 Å². The van der Waals surface area contributed by atoms with E-state index in [4.69, 9.17) is 4.42 Å². The number of non-ortho nitro benzene ring substituents is 1. The lowest BCUT2D eigenvalue weighted by Crippen LogP contribution is -2.37. The zero-order chi connectivity index (χ0) is 20.7. The van der Waals surface area contributed by atoms with Crippen LogP contribution >= 0.6 is 0 Å². The van der Waals surface area contributed by atoms with E-state index in [1.54, 1.807) is 12.1 Å². The van der Waals surface area contributed by atoms with E-state index >= 15 is 0 Å². The molecule has 0 saturated heterocycles. The smallest absolute Gasteiger partial charge is 0.269 e. The van der Waals surface area contributed by atoms with Crippen molar-refractivity contribution in [1.29, 1.82) is 0 Å². The molecule has 0 spiro atoms. The lowest BCUT2D eigenvalue weighted by atomic mass is 9.78. The van der Waals surface area contributed by atoms with Crippen molar-refractivity contribution in [3.63, 3.8) is 0 Å². The van der Waals surface area contributed by atoms with Gasteiger partial charge in [0.25, 0.3) is 5.69 Å². The van der Waals surface area contributed by atoms with Crippen LogP contribution in [-0.2, 0) is 10.2 Å². The van der Waals surface area contributed by atoms with E-state index < -0.39 is 10.3 Å². The summed E-state index contributed by atoms with van der Waals surface area (Å²) >= 11 is 0. The van der Waals surface area contributed by atoms with Crippen molar-refractivity contribution >= 4 is 39.2 Å². The van der Waals surface area contributed by atoms with Gasteiger partial charge in [0.2, 0.25) is 5.91 Å². The summed E-state index contributed by atoms with van der Waals surface area (Å²) in [6.07, 6.45) is 3.35. The van der Waals surface area contributed by atoms with E-state index in [0.29, 0.717) is 5.69 Å². The molecular weight excluding hydrogens is 380 g/mol. The molecule has 0 atom stereocenters. The maximum Gasteiger partial charge on any atom is 0.269 e. The average molecular weight is 400 g/mol. The number of nitrogens with one attached hydrogen (secondary N) is 1. The molecule has 30 heavy (non-hydrogen) atoms. The molecule has 1 saturated carbocycles. The highest BCUT2D eigenvalue weighted by Gasteiger charge is 2.42. The minimum atomic E-state index is -0.669. The number of nitro groups is 1. The lowest BCUT2D eigenvalue weighted by molar-refractivity contribution is -0.384. The van der Waals surface area contributed by atoms with Crippen molar-refractivity contribution in [2.45, 2.75) is 31.1 Å². The number of hydrogen-bond donors (Lipinski definition) is 1. The van der Waals surface area contributed by atoms with Gasteiger partial charge in [0.1, 0.15) is 11.2 Å². The van der Waals surface area contributed by atoms with Crippen molar-refractivity contribution in [1.82, 2.24) is 0 Å². The summed E-state index contributed by atoms with van der Waals surface area (Å²) in [6.45, 7) is 0. The molecule has 1 fully saturated rings. The molecule has 1 aromatic heterocycles. The number of hydrogen-bond acceptors (Lipinski definition) is 4. The highest BCUT2D eigenvalue weighted by Crippen LogP contribution is 2.42. The number of anilines is 1. The van der Waals surface area contributed by atoms with Crippen LogP contribution in [0.25, 0.3) is 21.9 Å². The van der Waals surface area contributed by atoms with Crippen LogP contribution in [-0.4, -0.2) is 10.8 Å². The third-order valence-electron chi connectivity index (χ3n) is 6.16. The van der Waals surface area contributed by atoms with Crippen molar-refractivity contribution < 1.29 is 14.1 Å². The van der Waals surface area contributed by atoms with Crippen molar-refractivity contribution in [2.75, 3.05) is 5.32 Å². The van der Waals surface area contributed by atoms with Crippen molar-refractivity contribution in [2.24, 2.45) is 0 Å². The van der Waals surface area contributed by atoms with Crippen LogP contribution in [0.4, 0.5) is 11.4 Å². The molecule has 0 aliphatic heterocycles. The zero-order valence-electron chi connectivity index (χ0n) is 16.3. The maximum atomic E-state index is 13.4. The van der Waals surface area contributed by atoms with Crippen LogP contribution in [0.15, 0.2) is 71.1 Å². The molecule has 6 nitrogen and oxygen atoms in total. The van der Waals surface area contributed by atoms with Crippen LogP contribution in [0.2, 0.25) is 0 Å². The molecule has 4 aromatic rings. The van der Waals surface area contributed by atoms with Gasteiger partial charge in [-0.25, -0.2) is 0 Å². The fourth-order valence-corrected chi connectivity index (χ4v) is 4.58. The highest BCUT2D eigenvalue weighted by molar-refractivity contribution is 6.07. The topological polar surface area (TPSA) is 85.4 Å². The predicted molar refractivity (Wildman–Crippen MR) is 116 cm³/mol. The van der Waals surface area contributed by atoms with Gasteiger partial charge < -0.3 is 9.73 Å². The summed E-state index contributed by atoms with van der Waals surface area (Å²) in [4.78, 5) is 23.9. The Bertz CT molecular complexity index is 1270. The standard InChI is InChI=1S/C24H20N2O4/c27-23(24(13-3-4-14-24)16-7-10-18(11-8-16)26(28)29)25-17-9-12-20-19-5-1-2-6-21(19)30-22(20)15-17/h1-2,5-12,15H,3-4,13-14H2,(H,25,27). The molecule has 0 unspecified atom stereocenters. The molecular formula is C24H20N2O4. The first kappa shape index (κ1) is 18.4. The van der Waals surface area contributed by atoms with E-state index in [2.05, 4.69) is 5.32 Å². The Morgan fingerprint density at radius 3 is 2.37 bits per heavy atom. The number of nitrogens with zero attached hydrogens (tertiary/aromatic N) is 1. The Hall–Kier alpha value is -3.67. The predicted octanol–water partition coefficient (Wildman–Crippen LogP) is 5.94. The van der Waals surface area contributed by atoms with Crippen LogP contribution < -0.4 is 5.32 Å². The van der Waals surface area contributed by atoms with Gasteiger partial charge in [-0.3, -0.25) is 14.9 Å². The fraction of sp³-hybridized carbons (Fsp3) is 0.208. The number of carbonyl (C=O) groups excluding carboxylic acids is 1. The summed E-state index contributed by atoms with van der Waals surface area (Å²) in [5.41, 5.74) is 2.41. The van der Waals surface area contributed by atoms with Crippen LogP contribution in [0.1, 0.15) is 31.2 Å². The molecule has 1 aliphatic carbocycles. The molecule has 1 amide bonds. The number of rotatable bonds is 4. The number of amides is 1. The van der Waals surface area contributed by atoms with Crippen LogP contribution in [0.3, 0.4) is 0 Å². The summed E-state index contributed by atoms with van der Waals surface area (Å²) in [6, 6.07) is 19.9. The molecule has 1 heterocycles. The minimum absolute atomic E-state index is 0.0302. The molecule has 6 heteroatoms. The molecule has 0 radical (unpaired) electrons. The lowest BCUT2D eigenvalue weighted by Gasteiger charge is -2.28. The van der Waals surface area contributed by atoms with Crippen LogP contribution in [0.5, 0.6) is 0 Å². The largest absolute Gasteiger partial charge is 0.456 e. The third-order valence-corrected chi connectivity index (χ3v) is 6.16. The minimum Gasteiger partial charge on any atom is -0.456 e. The molecule has 0 bridgehead atoms. The Balaban J connectivity index is 1.47. The second-order valence-electron chi connectivity index (χ2n) is 7.86. The van der Waals surface area contributed by atoms with E-state index in [-0.39, 0.29) is 11.6 Å². The van der Waals surface area contributed by atoms with Crippen LogP contribution in [0, 0.1) is 10.1 Å². The first-order valence-electron chi connectivity index (χ1n) is 10.0. The number of fused-ring (bicyclic) bond motifs is 3. The summed E-state index contributed by atoms with van der Waals surface area (Å²) in [5.74, 6) is -0.0793. The van der Waals surface area contributed by atoms with Gasteiger partial charge in [-0.05, 0) is 36.6 Å². The average Bonchev–Trinajstić information content (AvgIpc) is 3.39. The second kappa shape index (κ2) is 6.99. The first-order valence-corrected chi connectivity index (χ1v) is 10.0. The number of benzene rings is 3. The van der Waals surface area contributed by atoms with E-state index in [1.807, 2.05) is 42.5 Å². The number of carbonyl (C=O) groups is 1. The monoisotopic (exact) mass is 400 g/mol. The molecule has 150 valence electrons. The van der Waals surface area contributed by atoms with Gasteiger partial charge in [-0.1, -0.05) is 43.2 Å². The molecule has 1 aliphatic rings. The zero-order valence-corrected chi connectivity index (χ0v) is 16.3. The van der Waals surface area contributed by atoms with Crippen molar-refractivity contribution in [3.05, 3.63) is 82.4 Å². The first-order chi connectivity index (χ1) is 14.6. The summed E-state index contributed by atoms with van der Waals surface area (Å²) in [7, 11) is 0. The van der Waals surface area contributed by atoms with Gasteiger partial charge in [0.15, 0.2) is 0 Å². The van der Waals surface area contributed by atoms with Gasteiger partial charge in [-0.15, -0.1) is 0 Å². The number of para-hydroxylation sites is 1. The Morgan fingerprint density at radius 1 is 0.933 bits per heavy atom. The fourth-order valence-electron chi connectivity index (χ4n) is 4.58. The summed E-state index contributed by atoms with van der Waals surface area (Å²) in [5, 5.41) is 16.1. The molecule has 1 N–H and O–H groups in total. The van der Waals surface area contributed by atoms with Gasteiger partial charge in [-0.2, -0.15) is 0 Å². The van der Waals surface area contributed by atoms with Crippen molar-refractivity contribution in [3.8, 4) is 0 Å². The summed E-state index contributed by atoms with van der Waals surface area (Å²) < 4.78 is 5.93. The van der Waals surface area contributed by atoms with Gasteiger partial charge in [0.05, 0.1) is 10.3 Å². The highest BCUT2D eigenvalue weighted by atomic mass is 16.6. The Morgan fingerprint density at radius 2 is 1.63 bits per heavy atom. The maximum absolute atomic E-state index is 13.4. The van der Waals surface area contributed by atoms with E-state index in [0.717, 1.165) is 53.2 Å². The molecule has 3 aromatic carbocycles.